The molecule has 2 aromatic heterocycles. The predicted octanol–water partition coefficient (Wildman–Crippen LogP) is 3.20. The highest BCUT2D eigenvalue weighted by molar-refractivity contribution is 8.00. The molecule has 0 aliphatic carbocycles. The highest BCUT2D eigenvalue weighted by atomic mass is 32.2. The van der Waals surface area contributed by atoms with Crippen LogP contribution in [-0.2, 0) is 11.2 Å². The lowest BCUT2D eigenvalue weighted by Crippen LogP contribution is -2.35. The number of pyridine rings is 1. The molecule has 0 unspecified atom stereocenters. The Morgan fingerprint density at radius 1 is 1.24 bits per heavy atom. The van der Waals surface area contributed by atoms with E-state index < -0.39 is 0 Å². The Kier molecular flexibility index (Phi) is 4.23. The van der Waals surface area contributed by atoms with Crippen molar-refractivity contribution in [2.24, 2.45) is 0 Å². The van der Waals surface area contributed by atoms with Crippen LogP contribution in [0.15, 0.2) is 58.4 Å². The van der Waals surface area contributed by atoms with E-state index in [-0.39, 0.29) is 11.2 Å². The van der Waals surface area contributed by atoms with E-state index in [1.807, 2.05) is 42.2 Å². The Bertz CT molecular complexity index is 897. The third kappa shape index (κ3) is 3.15. The molecule has 1 amide bonds. The maximum atomic E-state index is 12.8. The van der Waals surface area contributed by atoms with Gasteiger partial charge in [-0.1, -0.05) is 30.0 Å². The van der Waals surface area contributed by atoms with Crippen molar-refractivity contribution in [2.75, 3.05) is 11.4 Å². The van der Waals surface area contributed by atoms with Gasteiger partial charge >= 0.3 is 0 Å². The summed E-state index contributed by atoms with van der Waals surface area (Å²) in [6.45, 7) is 2.58. The molecule has 0 fully saturated rings. The van der Waals surface area contributed by atoms with Crippen LogP contribution in [0.5, 0.6) is 0 Å². The van der Waals surface area contributed by atoms with Gasteiger partial charge in [0.25, 0.3) is 5.22 Å². The maximum absolute atomic E-state index is 12.8. The number of anilines is 1. The van der Waals surface area contributed by atoms with Gasteiger partial charge in [-0.3, -0.25) is 9.78 Å². The first-order chi connectivity index (χ1) is 12.2. The van der Waals surface area contributed by atoms with Gasteiger partial charge in [0.15, 0.2) is 0 Å². The van der Waals surface area contributed by atoms with Gasteiger partial charge in [0.2, 0.25) is 11.8 Å². The molecule has 0 spiro atoms. The van der Waals surface area contributed by atoms with E-state index in [1.165, 1.54) is 17.3 Å². The van der Waals surface area contributed by atoms with Gasteiger partial charge in [0, 0.05) is 24.6 Å². The standard InChI is InChI=1S/C18H16N4O2S/c1-12(17(23)22-10-8-13-5-2-3-7-15(13)22)25-18-21-20-16(24-18)14-6-4-9-19-11-14/h2-7,9,11-12H,8,10H2,1H3/t12-/m0/s1. The summed E-state index contributed by atoms with van der Waals surface area (Å²) in [6, 6.07) is 11.7. The molecule has 0 saturated heterocycles. The van der Waals surface area contributed by atoms with E-state index in [0.717, 1.165) is 17.7 Å². The van der Waals surface area contributed by atoms with Crippen LogP contribution in [0, 0.1) is 0 Å². The molecular formula is C18H16N4O2S. The first-order valence-electron chi connectivity index (χ1n) is 8.02. The fraction of sp³-hybridized carbons (Fsp3) is 0.222. The lowest BCUT2D eigenvalue weighted by Gasteiger charge is -2.20. The number of rotatable bonds is 4. The molecule has 1 aliphatic rings. The number of nitrogens with zero attached hydrogens (tertiary/aromatic N) is 4. The third-order valence-corrected chi connectivity index (χ3v) is 5.02. The van der Waals surface area contributed by atoms with E-state index in [9.17, 15) is 4.79 Å². The second-order valence-corrected chi connectivity index (χ2v) is 7.04. The molecule has 25 heavy (non-hydrogen) atoms. The van der Waals surface area contributed by atoms with Gasteiger partial charge in [0.05, 0.1) is 10.8 Å². The normalized spacial score (nSPS) is 14.4. The fourth-order valence-electron chi connectivity index (χ4n) is 2.85. The van der Waals surface area contributed by atoms with Crippen LogP contribution in [0.25, 0.3) is 11.5 Å². The number of aromatic nitrogens is 3. The molecule has 6 nitrogen and oxygen atoms in total. The van der Waals surface area contributed by atoms with E-state index in [4.69, 9.17) is 4.42 Å². The van der Waals surface area contributed by atoms with Gasteiger partial charge < -0.3 is 9.32 Å². The molecule has 3 aromatic rings. The molecule has 7 heteroatoms. The number of thioether (sulfide) groups is 1. The largest absolute Gasteiger partial charge is 0.411 e. The highest BCUT2D eigenvalue weighted by Gasteiger charge is 2.29. The highest BCUT2D eigenvalue weighted by Crippen LogP contribution is 2.32. The Balaban J connectivity index is 1.47. The van der Waals surface area contributed by atoms with Crippen molar-refractivity contribution >= 4 is 23.4 Å². The zero-order valence-electron chi connectivity index (χ0n) is 13.6. The van der Waals surface area contributed by atoms with Crippen LogP contribution in [0.3, 0.4) is 0 Å². The van der Waals surface area contributed by atoms with Crippen LogP contribution in [0.2, 0.25) is 0 Å². The average Bonchev–Trinajstić information content (AvgIpc) is 3.29. The smallest absolute Gasteiger partial charge is 0.277 e. The zero-order valence-corrected chi connectivity index (χ0v) is 14.4. The summed E-state index contributed by atoms with van der Waals surface area (Å²) >= 11 is 1.28. The molecule has 1 atom stereocenters. The van der Waals surface area contributed by atoms with Gasteiger partial charge in [0.1, 0.15) is 0 Å². The number of fused-ring (bicyclic) bond motifs is 1. The van der Waals surface area contributed by atoms with Crippen LogP contribution in [0.1, 0.15) is 12.5 Å². The average molecular weight is 352 g/mol. The number of hydrogen-bond donors (Lipinski definition) is 0. The van der Waals surface area contributed by atoms with Crippen molar-refractivity contribution in [3.8, 4) is 11.5 Å². The molecule has 0 bridgehead atoms. The minimum absolute atomic E-state index is 0.0519. The maximum Gasteiger partial charge on any atom is 0.277 e. The van der Waals surface area contributed by atoms with Crippen molar-refractivity contribution in [3.63, 3.8) is 0 Å². The third-order valence-electron chi connectivity index (χ3n) is 4.09. The second-order valence-electron chi connectivity index (χ2n) is 5.74. The molecule has 1 aromatic carbocycles. The van der Waals surface area contributed by atoms with Crippen LogP contribution >= 0.6 is 11.8 Å². The Morgan fingerprint density at radius 2 is 2.12 bits per heavy atom. The van der Waals surface area contributed by atoms with Crippen LogP contribution < -0.4 is 4.90 Å². The zero-order chi connectivity index (χ0) is 17.2. The minimum Gasteiger partial charge on any atom is -0.411 e. The SMILES string of the molecule is C[C@H](Sc1nnc(-c2cccnc2)o1)C(=O)N1CCc2ccccc21. The van der Waals surface area contributed by atoms with Crippen molar-refractivity contribution in [3.05, 3.63) is 54.4 Å². The topological polar surface area (TPSA) is 72.1 Å². The lowest BCUT2D eigenvalue weighted by atomic mass is 10.2. The first-order valence-corrected chi connectivity index (χ1v) is 8.90. The number of carbonyl (C=O) groups excluding carboxylic acids is 1. The van der Waals surface area contributed by atoms with E-state index >= 15 is 0 Å². The molecule has 4 rings (SSSR count). The molecule has 0 radical (unpaired) electrons. The van der Waals surface area contributed by atoms with Crippen molar-refractivity contribution in [1.82, 2.24) is 15.2 Å². The lowest BCUT2D eigenvalue weighted by molar-refractivity contribution is -0.117. The fourth-order valence-corrected chi connectivity index (χ4v) is 3.60. The Hall–Kier alpha value is -2.67. The summed E-state index contributed by atoms with van der Waals surface area (Å²) in [5.74, 6) is 0.456. The van der Waals surface area contributed by atoms with Gasteiger partial charge in [-0.05, 0) is 37.1 Å². The second kappa shape index (κ2) is 6.68. The number of hydrogen-bond acceptors (Lipinski definition) is 6. The predicted molar refractivity (Wildman–Crippen MR) is 95.3 cm³/mol. The molecule has 0 N–H and O–H groups in total. The monoisotopic (exact) mass is 352 g/mol. The molecule has 126 valence electrons. The first kappa shape index (κ1) is 15.8. The molecular weight excluding hydrogens is 336 g/mol. The number of amides is 1. The quantitative estimate of drug-likeness (QED) is 0.672. The molecule has 1 aliphatic heterocycles. The van der Waals surface area contributed by atoms with E-state index in [2.05, 4.69) is 21.2 Å². The molecule has 3 heterocycles. The van der Waals surface area contributed by atoms with E-state index in [1.54, 1.807) is 12.4 Å². The van der Waals surface area contributed by atoms with Gasteiger partial charge in [-0.15, -0.1) is 10.2 Å². The number of para-hydroxylation sites is 1. The molecule has 0 saturated carbocycles. The summed E-state index contributed by atoms with van der Waals surface area (Å²) in [5.41, 5.74) is 2.97. The van der Waals surface area contributed by atoms with Crippen molar-refractivity contribution < 1.29 is 9.21 Å². The number of benzene rings is 1. The number of carbonyl (C=O) groups is 1. The Labute approximate surface area is 149 Å². The summed E-state index contributed by atoms with van der Waals surface area (Å²) < 4.78 is 5.65. The Morgan fingerprint density at radius 3 is 2.96 bits per heavy atom. The summed E-state index contributed by atoms with van der Waals surface area (Å²) in [6.07, 6.45) is 4.24. The van der Waals surface area contributed by atoms with Crippen molar-refractivity contribution in [1.29, 1.82) is 0 Å². The summed E-state index contributed by atoms with van der Waals surface area (Å²) in [5, 5.41) is 8.13. The van der Waals surface area contributed by atoms with Crippen LogP contribution in [-0.4, -0.2) is 32.9 Å². The van der Waals surface area contributed by atoms with Crippen molar-refractivity contribution in [2.45, 2.75) is 23.8 Å². The summed E-state index contributed by atoms with van der Waals surface area (Å²) in [7, 11) is 0. The van der Waals surface area contributed by atoms with Crippen LogP contribution in [0.4, 0.5) is 5.69 Å². The minimum atomic E-state index is -0.312. The van der Waals surface area contributed by atoms with Gasteiger partial charge in [-0.2, -0.15) is 0 Å². The summed E-state index contributed by atoms with van der Waals surface area (Å²) in [4.78, 5) is 18.7. The van der Waals surface area contributed by atoms with E-state index in [0.29, 0.717) is 17.7 Å². The van der Waals surface area contributed by atoms with Gasteiger partial charge in [-0.25, -0.2) is 0 Å².